The second kappa shape index (κ2) is 7.90. The number of carbonyl (C=O) groups is 4. The minimum absolute atomic E-state index is 0.0276. The number of hydrogen-bond donors (Lipinski definition) is 0. The van der Waals surface area contributed by atoms with Crippen LogP contribution in [0, 0.1) is 0 Å². The van der Waals surface area contributed by atoms with Crippen molar-refractivity contribution >= 4 is 23.7 Å². The number of hydrogen-bond acceptors (Lipinski definition) is 5. The van der Waals surface area contributed by atoms with Crippen LogP contribution in [0.25, 0.3) is 0 Å². The van der Waals surface area contributed by atoms with Gasteiger partial charge in [0.15, 0.2) is 0 Å². The van der Waals surface area contributed by atoms with Crippen LogP contribution in [0.3, 0.4) is 0 Å². The highest BCUT2D eigenvalue weighted by Gasteiger charge is 2.42. The Balaban J connectivity index is 1.80. The van der Waals surface area contributed by atoms with Gasteiger partial charge in [0, 0.05) is 12.6 Å². The first kappa shape index (κ1) is 19.1. The molecule has 0 aromatic heterocycles. The van der Waals surface area contributed by atoms with Crippen molar-refractivity contribution in [1.29, 1.82) is 0 Å². The summed E-state index contributed by atoms with van der Waals surface area (Å²) in [6.07, 6.45) is 3.86. The molecule has 1 aromatic carbocycles. The van der Waals surface area contributed by atoms with Crippen molar-refractivity contribution in [3.05, 3.63) is 35.4 Å². The van der Waals surface area contributed by atoms with Crippen LogP contribution >= 0.6 is 0 Å². The van der Waals surface area contributed by atoms with E-state index < -0.39 is 17.9 Å². The number of ether oxygens (including phenoxy) is 1. The Labute approximate surface area is 158 Å². The van der Waals surface area contributed by atoms with Crippen molar-refractivity contribution in [2.24, 2.45) is 0 Å². The quantitative estimate of drug-likeness (QED) is 0.563. The SMILES string of the molecule is COC(=O)CCN(C(=O)C(C)N1C(=O)c2ccccc2C1=O)C1CCCC1. The third-order valence-corrected chi connectivity index (χ3v) is 5.40. The molecule has 1 heterocycles. The van der Waals surface area contributed by atoms with Crippen LogP contribution in [0.4, 0.5) is 0 Å². The molecule has 3 amide bonds. The van der Waals surface area contributed by atoms with E-state index in [1.165, 1.54) is 7.11 Å². The lowest BCUT2D eigenvalue weighted by Gasteiger charge is -2.33. The molecular weight excluding hydrogens is 348 g/mol. The molecule has 0 saturated heterocycles. The fraction of sp³-hybridized carbons (Fsp3) is 0.500. The maximum absolute atomic E-state index is 13.2. The molecule has 0 bridgehead atoms. The second-order valence-corrected chi connectivity index (χ2v) is 7.00. The number of fused-ring (bicyclic) bond motifs is 1. The van der Waals surface area contributed by atoms with Crippen molar-refractivity contribution in [2.45, 2.75) is 51.1 Å². The van der Waals surface area contributed by atoms with E-state index in [9.17, 15) is 19.2 Å². The fourth-order valence-corrected chi connectivity index (χ4v) is 3.91. The van der Waals surface area contributed by atoms with Crippen LogP contribution in [0.15, 0.2) is 24.3 Å². The molecule has 0 spiro atoms. The van der Waals surface area contributed by atoms with E-state index in [0.29, 0.717) is 11.1 Å². The van der Waals surface area contributed by atoms with Gasteiger partial charge in [-0.3, -0.25) is 24.1 Å². The Morgan fingerprint density at radius 1 is 1.15 bits per heavy atom. The van der Waals surface area contributed by atoms with Gasteiger partial charge in [-0.05, 0) is 31.9 Å². The number of nitrogens with zero attached hydrogens (tertiary/aromatic N) is 2. The summed E-state index contributed by atoms with van der Waals surface area (Å²) in [5.41, 5.74) is 0.647. The minimum atomic E-state index is -0.921. The maximum atomic E-state index is 13.2. The predicted molar refractivity (Wildman–Crippen MR) is 97.0 cm³/mol. The standard InChI is InChI=1S/C20H24N2O5/c1-13(22-19(25)15-9-5-6-10-16(15)20(22)26)18(24)21(12-11-17(23)27-2)14-7-3-4-8-14/h5-6,9-10,13-14H,3-4,7-8,11-12H2,1-2H3. The summed E-state index contributed by atoms with van der Waals surface area (Å²) in [4.78, 5) is 52.8. The normalized spacial score (nSPS) is 17.8. The predicted octanol–water partition coefficient (Wildman–Crippen LogP) is 2.01. The molecule has 1 aliphatic carbocycles. The first-order chi connectivity index (χ1) is 13.0. The molecule has 1 unspecified atom stereocenters. The van der Waals surface area contributed by atoms with Crippen LogP contribution in [-0.4, -0.2) is 59.2 Å². The molecular formula is C20H24N2O5. The van der Waals surface area contributed by atoms with Gasteiger partial charge in [-0.1, -0.05) is 25.0 Å². The van der Waals surface area contributed by atoms with Gasteiger partial charge >= 0.3 is 5.97 Å². The van der Waals surface area contributed by atoms with E-state index in [2.05, 4.69) is 4.74 Å². The van der Waals surface area contributed by atoms with Gasteiger partial charge in [-0.15, -0.1) is 0 Å². The maximum Gasteiger partial charge on any atom is 0.307 e. The molecule has 144 valence electrons. The van der Waals surface area contributed by atoms with Gasteiger partial charge in [0.05, 0.1) is 24.7 Å². The molecule has 0 N–H and O–H groups in total. The zero-order valence-corrected chi connectivity index (χ0v) is 15.6. The van der Waals surface area contributed by atoms with Crippen LogP contribution in [0.2, 0.25) is 0 Å². The largest absolute Gasteiger partial charge is 0.469 e. The van der Waals surface area contributed by atoms with E-state index in [1.807, 2.05) is 0 Å². The molecule has 3 rings (SSSR count). The summed E-state index contributed by atoms with van der Waals surface area (Å²) in [7, 11) is 1.31. The smallest absolute Gasteiger partial charge is 0.307 e. The number of imide groups is 1. The summed E-state index contributed by atoms with van der Waals surface area (Å²) in [6.45, 7) is 1.80. The second-order valence-electron chi connectivity index (χ2n) is 7.00. The van der Waals surface area contributed by atoms with Crippen LogP contribution in [0.1, 0.15) is 59.7 Å². The average Bonchev–Trinajstić information content (AvgIpc) is 3.29. The van der Waals surface area contributed by atoms with Gasteiger partial charge in [0.2, 0.25) is 5.91 Å². The topological polar surface area (TPSA) is 84.0 Å². The van der Waals surface area contributed by atoms with Crippen LogP contribution in [-0.2, 0) is 14.3 Å². The molecule has 27 heavy (non-hydrogen) atoms. The molecule has 7 nitrogen and oxygen atoms in total. The van der Waals surface area contributed by atoms with Crippen LogP contribution in [0.5, 0.6) is 0 Å². The van der Waals surface area contributed by atoms with E-state index in [-0.39, 0.29) is 30.9 Å². The minimum Gasteiger partial charge on any atom is -0.469 e. The average molecular weight is 372 g/mol. The third-order valence-electron chi connectivity index (χ3n) is 5.40. The molecule has 7 heteroatoms. The van der Waals surface area contributed by atoms with Gasteiger partial charge < -0.3 is 9.64 Å². The summed E-state index contributed by atoms with van der Waals surface area (Å²) in [5, 5.41) is 0. The van der Waals surface area contributed by atoms with E-state index >= 15 is 0 Å². The Morgan fingerprint density at radius 3 is 2.22 bits per heavy atom. The fourth-order valence-electron chi connectivity index (χ4n) is 3.91. The van der Waals surface area contributed by atoms with Crippen LogP contribution < -0.4 is 0 Å². The van der Waals surface area contributed by atoms with Crippen molar-refractivity contribution in [2.75, 3.05) is 13.7 Å². The molecule has 1 saturated carbocycles. The summed E-state index contributed by atoms with van der Waals surface area (Å²) in [5.74, 6) is -1.59. The Kier molecular flexibility index (Phi) is 5.58. The molecule has 1 aromatic rings. The summed E-state index contributed by atoms with van der Waals surface area (Å²) >= 11 is 0. The lowest BCUT2D eigenvalue weighted by Crippen LogP contribution is -2.52. The Bertz CT molecular complexity index is 734. The van der Waals surface area contributed by atoms with E-state index in [4.69, 9.17) is 0 Å². The van der Waals surface area contributed by atoms with Crippen molar-refractivity contribution in [3.63, 3.8) is 0 Å². The highest BCUT2D eigenvalue weighted by molar-refractivity contribution is 6.22. The molecule has 1 atom stereocenters. The Hall–Kier alpha value is -2.70. The zero-order chi connectivity index (χ0) is 19.6. The van der Waals surface area contributed by atoms with Gasteiger partial charge in [0.1, 0.15) is 6.04 Å². The number of benzene rings is 1. The third kappa shape index (κ3) is 3.59. The highest BCUT2D eigenvalue weighted by atomic mass is 16.5. The molecule has 1 fully saturated rings. The number of carbonyl (C=O) groups excluding carboxylic acids is 4. The lowest BCUT2D eigenvalue weighted by atomic mass is 10.1. The molecule has 0 radical (unpaired) electrons. The van der Waals surface area contributed by atoms with Gasteiger partial charge in [-0.2, -0.15) is 0 Å². The molecule has 1 aliphatic heterocycles. The van der Waals surface area contributed by atoms with E-state index in [1.54, 1.807) is 36.1 Å². The van der Waals surface area contributed by atoms with Crippen molar-refractivity contribution in [1.82, 2.24) is 9.80 Å². The first-order valence-electron chi connectivity index (χ1n) is 9.30. The number of amides is 3. The first-order valence-corrected chi connectivity index (χ1v) is 9.30. The van der Waals surface area contributed by atoms with Gasteiger partial charge in [0.25, 0.3) is 11.8 Å². The zero-order valence-electron chi connectivity index (χ0n) is 15.6. The Morgan fingerprint density at radius 2 is 1.70 bits per heavy atom. The van der Waals surface area contributed by atoms with E-state index in [0.717, 1.165) is 30.6 Å². The monoisotopic (exact) mass is 372 g/mol. The van der Waals surface area contributed by atoms with Crippen molar-refractivity contribution in [3.8, 4) is 0 Å². The number of esters is 1. The summed E-state index contributed by atoms with van der Waals surface area (Å²) < 4.78 is 4.68. The highest BCUT2D eigenvalue weighted by Crippen LogP contribution is 2.28. The van der Waals surface area contributed by atoms with Gasteiger partial charge in [-0.25, -0.2) is 0 Å². The number of methoxy groups -OCH3 is 1. The van der Waals surface area contributed by atoms with Crippen molar-refractivity contribution < 1.29 is 23.9 Å². The lowest BCUT2D eigenvalue weighted by molar-refractivity contribution is -0.143. The number of rotatable bonds is 6. The molecule has 2 aliphatic rings. The summed E-state index contributed by atoms with van der Waals surface area (Å²) in [6, 6.07) is 5.69.